The van der Waals surface area contributed by atoms with Gasteiger partial charge in [-0.3, -0.25) is 19.6 Å². The van der Waals surface area contributed by atoms with Crippen LogP contribution in [0.4, 0.5) is 24.5 Å². The molecule has 3 rings (SSSR count). The van der Waals surface area contributed by atoms with E-state index < -0.39 is 27.7 Å². The molecule has 1 aliphatic carbocycles. The van der Waals surface area contributed by atoms with Crippen molar-refractivity contribution in [3.05, 3.63) is 44.7 Å². The number of nitrogens with one attached hydrogen (secondary N) is 1. The van der Waals surface area contributed by atoms with Crippen LogP contribution in [0.15, 0.2) is 18.2 Å². The molecule has 1 aromatic carbocycles. The first-order valence-electron chi connectivity index (χ1n) is 8.57. The van der Waals surface area contributed by atoms with Gasteiger partial charge in [-0.1, -0.05) is 11.6 Å². The number of halogens is 4. The van der Waals surface area contributed by atoms with Gasteiger partial charge >= 0.3 is 6.18 Å². The lowest BCUT2D eigenvalue weighted by atomic mass is 10.2. The van der Waals surface area contributed by atoms with Gasteiger partial charge in [0.1, 0.15) is 5.75 Å². The Hall–Kier alpha value is -2.82. The molecule has 0 spiro atoms. The van der Waals surface area contributed by atoms with Crippen LogP contribution in [-0.4, -0.2) is 27.7 Å². The van der Waals surface area contributed by atoms with E-state index in [1.165, 1.54) is 19.2 Å². The largest absolute Gasteiger partial charge is 0.494 e. The first kappa shape index (κ1) is 20.9. The van der Waals surface area contributed by atoms with Gasteiger partial charge in [0.15, 0.2) is 5.69 Å². The van der Waals surface area contributed by atoms with Gasteiger partial charge in [-0.25, -0.2) is 0 Å². The Morgan fingerprint density at radius 2 is 2.14 bits per heavy atom. The molecule has 0 atom stereocenters. The fourth-order valence-electron chi connectivity index (χ4n) is 2.87. The topological polar surface area (TPSA) is 99.3 Å². The zero-order chi connectivity index (χ0) is 21.3. The summed E-state index contributed by atoms with van der Waals surface area (Å²) in [6, 6.07) is 3.67. The third kappa shape index (κ3) is 4.61. The zero-order valence-electron chi connectivity index (χ0n) is 15.1. The van der Waals surface area contributed by atoms with Gasteiger partial charge in [0.25, 0.3) is 5.69 Å². The Labute approximate surface area is 167 Å². The average Bonchev–Trinajstić information content (AvgIpc) is 3.42. The number of hydrogen-bond acceptors (Lipinski definition) is 5. The summed E-state index contributed by atoms with van der Waals surface area (Å²) in [4.78, 5) is 22.5. The quantitative estimate of drug-likeness (QED) is 0.517. The monoisotopic (exact) mass is 432 g/mol. The first-order valence-corrected chi connectivity index (χ1v) is 8.95. The maximum atomic E-state index is 13.1. The summed E-state index contributed by atoms with van der Waals surface area (Å²) in [6.45, 7) is -0.0945. The van der Waals surface area contributed by atoms with Crippen LogP contribution in [0.3, 0.4) is 0 Å². The summed E-state index contributed by atoms with van der Waals surface area (Å²) in [5.41, 5.74) is -0.863. The summed E-state index contributed by atoms with van der Waals surface area (Å²) in [7, 11) is 1.29. The molecule has 12 heteroatoms. The molecule has 29 heavy (non-hydrogen) atoms. The third-order valence-corrected chi connectivity index (χ3v) is 4.76. The van der Waals surface area contributed by atoms with Gasteiger partial charge in [-0.15, -0.1) is 0 Å². The van der Waals surface area contributed by atoms with Gasteiger partial charge in [-0.2, -0.15) is 18.3 Å². The molecule has 0 radical (unpaired) electrons. The van der Waals surface area contributed by atoms with Gasteiger partial charge in [0.05, 0.1) is 41.0 Å². The predicted molar refractivity (Wildman–Crippen MR) is 97.1 cm³/mol. The van der Waals surface area contributed by atoms with Crippen molar-refractivity contribution in [1.29, 1.82) is 0 Å². The fraction of sp³-hybridized carbons (Fsp3) is 0.412. The molecule has 1 aliphatic rings. The fourth-order valence-corrected chi connectivity index (χ4v) is 3.27. The van der Waals surface area contributed by atoms with Crippen LogP contribution in [0, 0.1) is 10.1 Å². The number of methoxy groups -OCH3 is 1. The molecule has 1 amide bonds. The number of rotatable bonds is 7. The van der Waals surface area contributed by atoms with Crippen molar-refractivity contribution in [1.82, 2.24) is 9.78 Å². The minimum atomic E-state index is -4.68. The number of ether oxygens (including phenoxy) is 1. The summed E-state index contributed by atoms with van der Waals surface area (Å²) in [6.07, 6.45) is -3.42. The Kier molecular flexibility index (Phi) is 5.69. The van der Waals surface area contributed by atoms with Crippen LogP contribution in [-0.2, 0) is 17.5 Å². The highest BCUT2D eigenvalue weighted by atomic mass is 35.5. The van der Waals surface area contributed by atoms with Gasteiger partial charge < -0.3 is 10.1 Å². The van der Waals surface area contributed by atoms with Crippen LogP contribution in [0.25, 0.3) is 0 Å². The van der Waals surface area contributed by atoms with Crippen molar-refractivity contribution in [3.8, 4) is 5.75 Å². The molecule has 1 fully saturated rings. The van der Waals surface area contributed by atoms with Crippen LogP contribution < -0.4 is 10.1 Å². The number of benzene rings is 1. The second-order valence-electron chi connectivity index (χ2n) is 6.48. The van der Waals surface area contributed by atoms with Crippen molar-refractivity contribution in [2.45, 2.75) is 37.9 Å². The number of anilines is 1. The zero-order valence-corrected chi connectivity index (χ0v) is 15.9. The first-order chi connectivity index (χ1) is 13.6. The number of carbonyl (C=O) groups is 1. The number of hydrogen-bond donors (Lipinski definition) is 1. The molecule has 1 N–H and O–H groups in total. The lowest BCUT2D eigenvalue weighted by Crippen LogP contribution is -2.17. The van der Waals surface area contributed by atoms with E-state index in [9.17, 15) is 28.1 Å². The molecular weight excluding hydrogens is 417 g/mol. The van der Waals surface area contributed by atoms with Crippen molar-refractivity contribution < 1.29 is 27.6 Å². The van der Waals surface area contributed by atoms with Gasteiger partial charge in [-0.05, 0) is 18.9 Å². The van der Waals surface area contributed by atoms with E-state index in [2.05, 4.69) is 10.4 Å². The standard InChI is InChI=1S/C17H16ClF3N4O4/c1-29-12-8-10(25(27)28)4-5-11(12)22-13(26)6-7-24-15(9-2-3-9)14(18)16(23-24)17(19,20)21/h4-5,8-9H,2-3,6-7H2,1H3,(H,22,26). The summed E-state index contributed by atoms with van der Waals surface area (Å²) >= 11 is 5.90. The van der Waals surface area contributed by atoms with E-state index in [1.807, 2.05) is 0 Å². The van der Waals surface area contributed by atoms with Crippen LogP contribution in [0.2, 0.25) is 5.02 Å². The number of carbonyl (C=O) groups excluding carboxylic acids is 1. The second kappa shape index (κ2) is 7.90. The SMILES string of the molecule is COc1cc([N+](=O)[O-])ccc1NC(=O)CCn1nc(C(F)(F)F)c(Cl)c1C1CC1. The van der Waals surface area contributed by atoms with Crippen molar-refractivity contribution in [3.63, 3.8) is 0 Å². The summed E-state index contributed by atoms with van der Waals surface area (Å²) in [5, 5.41) is 16.5. The van der Waals surface area contributed by atoms with Crippen LogP contribution >= 0.6 is 11.6 Å². The molecule has 8 nitrogen and oxygen atoms in total. The highest BCUT2D eigenvalue weighted by molar-refractivity contribution is 6.32. The van der Waals surface area contributed by atoms with Gasteiger partial charge in [0, 0.05) is 18.4 Å². The maximum absolute atomic E-state index is 13.1. The highest BCUT2D eigenvalue weighted by Crippen LogP contribution is 2.46. The lowest BCUT2D eigenvalue weighted by Gasteiger charge is -2.11. The highest BCUT2D eigenvalue weighted by Gasteiger charge is 2.42. The second-order valence-corrected chi connectivity index (χ2v) is 6.86. The van der Waals surface area contributed by atoms with Gasteiger partial charge in [0.2, 0.25) is 5.91 Å². The number of nitro groups is 1. The van der Waals surface area contributed by atoms with E-state index in [4.69, 9.17) is 16.3 Å². The Bertz CT molecular complexity index is 957. The molecule has 0 unspecified atom stereocenters. The molecule has 0 bridgehead atoms. The van der Waals surface area contributed by atoms with E-state index in [0.29, 0.717) is 5.69 Å². The van der Waals surface area contributed by atoms with Crippen LogP contribution in [0.1, 0.15) is 36.6 Å². The average molecular weight is 433 g/mol. The van der Waals surface area contributed by atoms with Crippen molar-refractivity contribution in [2.75, 3.05) is 12.4 Å². The number of nitrogens with zero attached hydrogens (tertiary/aromatic N) is 3. The molecule has 0 aliphatic heterocycles. The lowest BCUT2D eigenvalue weighted by molar-refractivity contribution is -0.384. The van der Waals surface area contributed by atoms with Crippen LogP contribution in [0.5, 0.6) is 5.75 Å². The van der Waals surface area contributed by atoms with Crippen molar-refractivity contribution in [2.24, 2.45) is 0 Å². The molecule has 156 valence electrons. The molecule has 2 aromatic rings. The maximum Gasteiger partial charge on any atom is 0.436 e. The number of nitro benzene ring substituents is 1. The van der Waals surface area contributed by atoms with E-state index in [0.717, 1.165) is 23.6 Å². The molecule has 1 aromatic heterocycles. The minimum absolute atomic E-state index is 0.0905. The Balaban J connectivity index is 1.72. The number of alkyl halides is 3. The van der Waals surface area contributed by atoms with Crippen molar-refractivity contribution >= 4 is 28.9 Å². The molecular formula is C17H16ClF3N4O4. The summed E-state index contributed by atoms with van der Waals surface area (Å²) in [5.74, 6) is -0.518. The number of amides is 1. The number of non-ortho nitro benzene ring substituents is 1. The Morgan fingerprint density at radius 3 is 2.69 bits per heavy atom. The molecule has 1 saturated carbocycles. The molecule has 0 saturated heterocycles. The molecule has 1 heterocycles. The predicted octanol–water partition coefficient (Wildman–Crippen LogP) is 4.38. The van der Waals surface area contributed by atoms with E-state index in [1.54, 1.807) is 0 Å². The normalized spacial score (nSPS) is 14.0. The number of aryl methyl sites for hydroxylation is 1. The third-order valence-electron chi connectivity index (χ3n) is 4.38. The van der Waals surface area contributed by atoms with E-state index >= 15 is 0 Å². The Morgan fingerprint density at radius 1 is 1.45 bits per heavy atom. The number of aromatic nitrogens is 2. The minimum Gasteiger partial charge on any atom is -0.494 e. The summed E-state index contributed by atoms with van der Waals surface area (Å²) < 4.78 is 45.4. The smallest absolute Gasteiger partial charge is 0.436 e. The van der Waals surface area contributed by atoms with E-state index in [-0.39, 0.29) is 36.0 Å².